The van der Waals surface area contributed by atoms with Crippen LogP contribution in [-0.4, -0.2) is 40.1 Å². The van der Waals surface area contributed by atoms with Crippen LogP contribution in [0.1, 0.15) is 36.9 Å². The topological polar surface area (TPSA) is 100 Å². The number of Topliss-reactive ketones (excluding diaryl/α,β-unsaturated/α-hetero) is 1. The van der Waals surface area contributed by atoms with E-state index >= 15 is 0 Å². The van der Waals surface area contributed by atoms with Crippen molar-refractivity contribution >= 4 is 11.7 Å². The number of hydrogen-bond acceptors (Lipinski definition) is 7. The molecular formula is C24H27NO7. The first-order valence-corrected chi connectivity index (χ1v) is 10.2. The average molecular weight is 441 g/mol. The zero-order valence-electron chi connectivity index (χ0n) is 18.9. The lowest BCUT2D eigenvalue weighted by Crippen LogP contribution is -2.30. The van der Waals surface area contributed by atoms with Crippen molar-refractivity contribution < 1.29 is 28.5 Å². The summed E-state index contributed by atoms with van der Waals surface area (Å²) in [5.41, 5.74) is 2.66. The number of aryl methyl sites for hydroxylation is 1. The van der Waals surface area contributed by atoms with E-state index in [4.69, 9.17) is 18.9 Å². The summed E-state index contributed by atoms with van der Waals surface area (Å²) in [5.74, 6) is 0.961. The van der Waals surface area contributed by atoms with E-state index in [1.807, 2.05) is 6.07 Å². The number of amides is 1. The summed E-state index contributed by atoms with van der Waals surface area (Å²) in [6, 6.07) is 6.23. The van der Waals surface area contributed by atoms with Crippen LogP contribution in [0.15, 0.2) is 29.1 Å². The van der Waals surface area contributed by atoms with E-state index in [-0.39, 0.29) is 23.4 Å². The Morgan fingerprint density at radius 2 is 1.66 bits per heavy atom. The van der Waals surface area contributed by atoms with Crippen LogP contribution in [0.5, 0.6) is 23.0 Å². The van der Waals surface area contributed by atoms with Crippen molar-refractivity contribution in [3.05, 3.63) is 45.6 Å². The number of hydrogen-bond donors (Lipinski definition) is 1. The Labute approximate surface area is 186 Å². The van der Waals surface area contributed by atoms with E-state index in [9.17, 15) is 14.4 Å². The summed E-state index contributed by atoms with van der Waals surface area (Å²) in [7, 11) is 6.04. The lowest BCUT2D eigenvalue weighted by Gasteiger charge is -2.20. The van der Waals surface area contributed by atoms with Gasteiger partial charge in [0.1, 0.15) is 5.78 Å². The van der Waals surface area contributed by atoms with Gasteiger partial charge in [0, 0.05) is 5.56 Å². The number of ether oxygens (including phenoxy) is 4. The molecule has 8 heteroatoms. The summed E-state index contributed by atoms with van der Waals surface area (Å²) in [6.07, 6.45) is 0.852. The largest absolute Gasteiger partial charge is 0.493 e. The third kappa shape index (κ3) is 4.39. The Morgan fingerprint density at radius 3 is 2.25 bits per heavy atom. The second-order valence-electron chi connectivity index (χ2n) is 7.50. The zero-order chi connectivity index (χ0) is 23.4. The maximum atomic E-state index is 12.8. The van der Waals surface area contributed by atoms with Gasteiger partial charge >= 0.3 is 0 Å². The van der Waals surface area contributed by atoms with Crippen LogP contribution in [0.2, 0.25) is 0 Å². The molecule has 0 fully saturated rings. The van der Waals surface area contributed by atoms with Gasteiger partial charge in [-0.25, -0.2) is 0 Å². The van der Waals surface area contributed by atoms with Crippen LogP contribution in [-0.2, 0) is 16.0 Å². The quantitative estimate of drug-likeness (QED) is 0.660. The van der Waals surface area contributed by atoms with Gasteiger partial charge in [0.05, 0.1) is 40.9 Å². The Kier molecular flexibility index (Phi) is 7.02. The van der Waals surface area contributed by atoms with Gasteiger partial charge in [-0.1, -0.05) is 6.07 Å². The fourth-order valence-electron chi connectivity index (χ4n) is 4.09. The average Bonchev–Trinajstić information content (AvgIpc) is 3.00. The molecule has 2 aromatic rings. The molecule has 8 nitrogen and oxygen atoms in total. The van der Waals surface area contributed by atoms with Crippen molar-refractivity contribution in [3.63, 3.8) is 0 Å². The number of fused-ring (bicyclic) bond motifs is 3. The lowest BCUT2D eigenvalue weighted by atomic mass is 9.95. The third-order valence-electron chi connectivity index (χ3n) is 5.47. The van der Waals surface area contributed by atoms with Crippen molar-refractivity contribution in [2.45, 2.75) is 32.2 Å². The number of nitrogens with one attached hydrogen (secondary N) is 1. The van der Waals surface area contributed by atoms with Crippen LogP contribution in [0, 0.1) is 0 Å². The summed E-state index contributed by atoms with van der Waals surface area (Å²) in [5, 5.41) is 2.91. The van der Waals surface area contributed by atoms with Crippen LogP contribution in [0.4, 0.5) is 0 Å². The van der Waals surface area contributed by atoms with Gasteiger partial charge in [-0.05, 0) is 54.7 Å². The van der Waals surface area contributed by atoms with Crippen molar-refractivity contribution in [3.8, 4) is 34.1 Å². The normalized spacial score (nSPS) is 14.3. The van der Waals surface area contributed by atoms with E-state index < -0.39 is 11.9 Å². The molecule has 0 saturated carbocycles. The molecular weight excluding hydrogens is 414 g/mol. The smallest absolute Gasteiger partial charge is 0.227 e. The Balaban J connectivity index is 2.31. The SMILES string of the molecule is COc1cc2c(c(OC)c1OC)-c1ccc(OC)c(=O)cc1[C@@H](NC(=O)CC(C)=O)CC2. The molecule has 1 atom stereocenters. The molecule has 1 aliphatic rings. The van der Waals surface area contributed by atoms with E-state index in [1.165, 1.54) is 34.3 Å². The van der Waals surface area contributed by atoms with Crippen LogP contribution in [0.25, 0.3) is 11.1 Å². The predicted molar refractivity (Wildman–Crippen MR) is 119 cm³/mol. The van der Waals surface area contributed by atoms with Gasteiger partial charge in [0.15, 0.2) is 17.2 Å². The standard InChI is InChI=1S/C24H27NO7/c1-13(26)10-21(28)25-17-8-6-14-11-20(30-3)23(31-4)24(32-5)22(14)15-7-9-19(29-2)18(27)12-16(15)17/h7,9,11-12,17H,6,8,10H2,1-5H3,(H,25,28)/t17-/m0/s1. The molecule has 3 rings (SSSR count). The molecule has 0 unspecified atom stereocenters. The predicted octanol–water partition coefficient (Wildman–Crippen LogP) is 2.83. The van der Waals surface area contributed by atoms with E-state index in [1.54, 1.807) is 19.2 Å². The number of benzene rings is 1. The Morgan fingerprint density at radius 1 is 0.969 bits per heavy atom. The van der Waals surface area contributed by atoms with E-state index in [0.717, 1.165) is 11.1 Å². The third-order valence-corrected chi connectivity index (χ3v) is 5.47. The highest BCUT2D eigenvalue weighted by atomic mass is 16.5. The Hall–Kier alpha value is -3.55. The summed E-state index contributed by atoms with van der Waals surface area (Å²) in [6.45, 7) is 1.36. The highest BCUT2D eigenvalue weighted by Crippen LogP contribution is 2.50. The van der Waals surface area contributed by atoms with Crippen LogP contribution < -0.4 is 29.7 Å². The van der Waals surface area contributed by atoms with Gasteiger partial charge < -0.3 is 24.3 Å². The molecule has 32 heavy (non-hydrogen) atoms. The zero-order valence-corrected chi connectivity index (χ0v) is 18.9. The molecule has 0 spiro atoms. The summed E-state index contributed by atoms with van der Waals surface area (Å²) < 4.78 is 22.0. The first-order chi connectivity index (χ1) is 15.3. The number of rotatable bonds is 7. The summed E-state index contributed by atoms with van der Waals surface area (Å²) >= 11 is 0. The molecule has 1 aliphatic carbocycles. The highest BCUT2D eigenvalue weighted by molar-refractivity contribution is 5.97. The second-order valence-corrected chi connectivity index (χ2v) is 7.50. The molecule has 0 aromatic heterocycles. The summed E-state index contributed by atoms with van der Waals surface area (Å²) in [4.78, 5) is 36.6. The first-order valence-electron chi connectivity index (χ1n) is 10.2. The van der Waals surface area contributed by atoms with Gasteiger partial charge in [-0.3, -0.25) is 14.4 Å². The number of carbonyl (C=O) groups excluding carboxylic acids is 2. The molecule has 0 radical (unpaired) electrons. The lowest BCUT2D eigenvalue weighted by molar-refractivity contribution is -0.127. The minimum atomic E-state index is -0.490. The molecule has 1 N–H and O–H groups in total. The van der Waals surface area contributed by atoms with E-state index in [0.29, 0.717) is 41.2 Å². The maximum absolute atomic E-state index is 12.8. The van der Waals surface area contributed by atoms with E-state index in [2.05, 4.69) is 5.32 Å². The number of ketones is 1. The minimum absolute atomic E-state index is 0.174. The molecule has 2 aromatic carbocycles. The van der Waals surface area contributed by atoms with Gasteiger partial charge in [0.2, 0.25) is 17.1 Å². The van der Waals surface area contributed by atoms with Crippen molar-refractivity contribution in [1.82, 2.24) is 5.32 Å². The second kappa shape index (κ2) is 9.72. The first kappa shape index (κ1) is 23.1. The van der Waals surface area contributed by atoms with Crippen molar-refractivity contribution in [1.29, 1.82) is 0 Å². The van der Waals surface area contributed by atoms with Crippen LogP contribution >= 0.6 is 0 Å². The molecule has 0 aliphatic heterocycles. The van der Waals surface area contributed by atoms with Gasteiger partial charge in [-0.2, -0.15) is 0 Å². The molecule has 1 amide bonds. The maximum Gasteiger partial charge on any atom is 0.227 e. The van der Waals surface area contributed by atoms with Gasteiger partial charge in [0.25, 0.3) is 0 Å². The monoisotopic (exact) mass is 441 g/mol. The highest BCUT2D eigenvalue weighted by Gasteiger charge is 2.29. The van der Waals surface area contributed by atoms with Crippen molar-refractivity contribution in [2.75, 3.05) is 28.4 Å². The van der Waals surface area contributed by atoms with Gasteiger partial charge in [-0.15, -0.1) is 0 Å². The minimum Gasteiger partial charge on any atom is -0.493 e. The molecule has 0 saturated heterocycles. The van der Waals surface area contributed by atoms with Crippen molar-refractivity contribution in [2.24, 2.45) is 0 Å². The molecule has 0 bridgehead atoms. The van der Waals surface area contributed by atoms with Crippen LogP contribution in [0.3, 0.4) is 0 Å². The Bertz CT molecular complexity index is 1110. The fraction of sp³-hybridized carbons (Fsp3) is 0.375. The fourth-order valence-corrected chi connectivity index (χ4v) is 4.09. The molecule has 170 valence electrons. The number of methoxy groups -OCH3 is 4. The number of carbonyl (C=O) groups is 2. The molecule has 0 heterocycles.